The fourth-order valence-electron chi connectivity index (χ4n) is 3.74. The van der Waals surface area contributed by atoms with E-state index in [-0.39, 0.29) is 18.3 Å². The van der Waals surface area contributed by atoms with Gasteiger partial charge >= 0.3 is 0 Å². The summed E-state index contributed by atoms with van der Waals surface area (Å²) < 4.78 is 5.93. The van der Waals surface area contributed by atoms with E-state index in [9.17, 15) is 4.79 Å². The normalized spacial score (nSPS) is 14.3. The number of piperidine rings is 1. The molecule has 29 heavy (non-hydrogen) atoms. The van der Waals surface area contributed by atoms with E-state index >= 15 is 0 Å². The molecule has 0 saturated carbocycles. The first-order valence-electron chi connectivity index (χ1n) is 10.4. The molecule has 0 bridgehead atoms. The minimum absolute atomic E-state index is 0. The maximum atomic E-state index is 12.7. The van der Waals surface area contributed by atoms with Gasteiger partial charge in [-0.3, -0.25) is 4.79 Å². The number of nitrogens with zero attached hydrogens (tertiary/aromatic N) is 1. The highest BCUT2D eigenvalue weighted by molar-refractivity contribution is 5.85. The molecule has 2 aromatic rings. The standard InChI is InChI=1S/C24H32N2O2.ClH/c1-3-25-17-20-10-12-26(13-11-20)24(27)16-21-7-5-9-23(15-21)28-18-22-8-4-6-19(2)14-22;/h4-9,14-15,20,25H,3,10-13,16-18H2,1-2H3;1H. The minimum Gasteiger partial charge on any atom is -0.489 e. The maximum Gasteiger partial charge on any atom is 0.226 e. The van der Waals surface area contributed by atoms with Crippen molar-refractivity contribution in [3.8, 4) is 5.75 Å². The van der Waals surface area contributed by atoms with Crippen LogP contribution in [0.25, 0.3) is 0 Å². The van der Waals surface area contributed by atoms with Crippen molar-refractivity contribution in [1.29, 1.82) is 0 Å². The van der Waals surface area contributed by atoms with Crippen molar-refractivity contribution in [1.82, 2.24) is 10.2 Å². The van der Waals surface area contributed by atoms with Crippen LogP contribution >= 0.6 is 12.4 Å². The predicted octanol–water partition coefficient (Wildman–Crippen LogP) is 4.39. The van der Waals surface area contributed by atoms with Crippen LogP contribution < -0.4 is 10.1 Å². The molecule has 1 saturated heterocycles. The Morgan fingerprint density at radius 2 is 1.83 bits per heavy atom. The van der Waals surface area contributed by atoms with Gasteiger partial charge < -0.3 is 15.0 Å². The smallest absolute Gasteiger partial charge is 0.226 e. The van der Waals surface area contributed by atoms with E-state index in [0.717, 1.165) is 55.9 Å². The Kier molecular flexibility index (Phi) is 9.49. The van der Waals surface area contributed by atoms with Gasteiger partial charge in [-0.15, -0.1) is 12.4 Å². The third-order valence-corrected chi connectivity index (χ3v) is 5.39. The lowest BCUT2D eigenvalue weighted by Crippen LogP contribution is -2.41. The lowest BCUT2D eigenvalue weighted by Gasteiger charge is -2.32. The number of rotatable bonds is 8. The lowest BCUT2D eigenvalue weighted by molar-refractivity contribution is -0.131. The highest BCUT2D eigenvalue weighted by Crippen LogP contribution is 2.20. The summed E-state index contributed by atoms with van der Waals surface area (Å²) in [6, 6.07) is 16.3. The molecule has 1 amide bonds. The Morgan fingerprint density at radius 3 is 2.55 bits per heavy atom. The highest BCUT2D eigenvalue weighted by Gasteiger charge is 2.22. The van der Waals surface area contributed by atoms with Gasteiger partial charge in [0.05, 0.1) is 6.42 Å². The zero-order valence-corrected chi connectivity index (χ0v) is 18.3. The molecule has 1 heterocycles. The number of carbonyl (C=O) groups excluding carboxylic acids is 1. The van der Waals surface area contributed by atoms with E-state index in [4.69, 9.17) is 4.74 Å². The Labute approximate surface area is 181 Å². The van der Waals surface area contributed by atoms with Crippen molar-refractivity contribution in [3.05, 3.63) is 65.2 Å². The third kappa shape index (κ3) is 7.37. The average Bonchev–Trinajstić information content (AvgIpc) is 2.71. The molecule has 1 aliphatic rings. The summed E-state index contributed by atoms with van der Waals surface area (Å²) in [4.78, 5) is 14.7. The number of ether oxygens (including phenoxy) is 1. The van der Waals surface area contributed by atoms with Gasteiger partial charge in [-0.1, -0.05) is 48.9 Å². The second kappa shape index (κ2) is 11.8. The van der Waals surface area contributed by atoms with Crippen LogP contribution in [0, 0.1) is 12.8 Å². The van der Waals surface area contributed by atoms with Crippen LogP contribution in [0.2, 0.25) is 0 Å². The Hall–Kier alpha value is -2.04. The first-order valence-corrected chi connectivity index (χ1v) is 10.4. The van der Waals surface area contributed by atoms with E-state index in [1.54, 1.807) is 0 Å². The average molecular weight is 417 g/mol. The van der Waals surface area contributed by atoms with Crippen molar-refractivity contribution >= 4 is 18.3 Å². The summed E-state index contributed by atoms with van der Waals surface area (Å²) in [5, 5.41) is 3.42. The quantitative estimate of drug-likeness (QED) is 0.694. The second-order valence-corrected chi connectivity index (χ2v) is 7.73. The molecule has 5 heteroatoms. The maximum absolute atomic E-state index is 12.7. The lowest BCUT2D eigenvalue weighted by atomic mass is 9.96. The van der Waals surface area contributed by atoms with Crippen molar-refractivity contribution in [2.45, 2.75) is 39.7 Å². The summed E-state index contributed by atoms with van der Waals surface area (Å²) in [6.45, 7) is 8.59. The monoisotopic (exact) mass is 416 g/mol. The van der Waals surface area contributed by atoms with Crippen LogP contribution in [-0.2, 0) is 17.8 Å². The number of carbonyl (C=O) groups is 1. The fraction of sp³-hybridized carbons (Fsp3) is 0.458. The fourth-order valence-corrected chi connectivity index (χ4v) is 3.74. The van der Waals surface area contributed by atoms with Crippen LogP contribution in [-0.4, -0.2) is 37.0 Å². The molecule has 2 aromatic carbocycles. The number of hydrogen-bond acceptors (Lipinski definition) is 3. The van der Waals surface area contributed by atoms with Crippen molar-refractivity contribution in [2.24, 2.45) is 5.92 Å². The van der Waals surface area contributed by atoms with Crippen LogP contribution in [0.5, 0.6) is 5.75 Å². The van der Waals surface area contributed by atoms with E-state index < -0.39 is 0 Å². The molecule has 1 aliphatic heterocycles. The number of amides is 1. The van der Waals surface area contributed by atoms with Gasteiger partial charge in [-0.05, 0) is 62.0 Å². The van der Waals surface area contributed by atoms with E-state index in [2.05, 4.69) is 37.4 Å². The molecule has 0 atom stereocenters. The first kappa shape index (κ1) is 23.2. The first-order chi connectivity index (χ1) is 13.6. The Morgan fingerprint density at radius 1 is 1.10 bits per heavy atom. The number of likely N-dealkylation sites (tertiary alicyclic amines) is 1. The van der Waals surface area contributed by atoms with Crippen molar-refractivity contribution in [2.75, 3.05) is 26.2 Å². The van der Waals surface area contributed by atoms with Crippen molar-refractivity contribution < 1.29 is 9.53 Å². The Balaban J connectivity index is 0.00000300. The number of nitrogens with one attached hydrogen (secondary N) is 1. The topological polar surface area (TPSA) is 41.6 Å². The zero-order valence-electron chi connectivity index (χ0n) is 17.5. The van der Waals surface area contributed by atoms with Crippen LogP contribution in [0.15, 0.2) is 48.5 Å². The number of aryl methyl sites for hydroxylation is 1. The van der Waals surface area contributed by atoms with Crippen LogP contribution in [0.3, 0.4) is 0 Å². The number of hydrogen-bond donors (Lipinski definition) is 1. The highest BCUT2D eigenvalue weighted by atomic mass is 35.5. The molecule has 0 radical (unpaired) electrons. The molecule has 4 nitrogen and oxygen atoms in total. The number of halogens is 1. The van der Waals surface area contributed by atoms with Gasteiger partial charge in [0, 0.05) is 13.1 Å². The minimum atomic E-state index is 0. The molecular weight excluding hydrogens is 384 g/mol. The molecule has 158 valence electrons. The van der Waals surface area contributed by atoms with Gasteiger partial charge in [0.1, 0.15) is 12.4 Å². The summed E-state index contributed by atoms with van der Waals surface area (Å²) in [7, 11) is 0. The SMILES string of the molecule is CCNCC1CCN(C(=O)Cc2cccc(OCc3cccc(C)c3)c2)CC1.Cl. The molecule has 0 aliphatic carbocycles. The summed E-state index contributed by atoms with van der Waals surface area (Å²) >= 11 is 0. The third-order valence-electron chi connectivity index (χ3n) is 5.39. The van der Waals surface area contributed by atoms with Gasteiger partial charge in [-0.2, -0.15) is 0 Å². The molecule has 0 unspecified atom stereocenters. The van der Waals surface area contributed by atoms with E-state index in [1.165, 1.54) is 5.56 Å². The zero-order chi connectivity index (χ0) is 19.8. The molecule has 0 aromatic heterocycles. The summed E-state index contributed by atoms with van der Waals surface area (Å²) in [5.74, 6) is 1.73. The number of benzene rings is 2. The second-order valence-electron chi connectivity index (χ2n) is 7.73. The largest absolute Gasteiger partial charge is 0.489 e. The molecule has 0 spiro atoms. The van der Waals surface area contributed by atoms with Gasteiger partial charge in [-0.25, -0.2) is 0 Å². The van der Waals surface area contributed by atoms with E-state index in [0.29, 0.717) is 18.9 Å². The van der Waals surface area contributed by atoms with Crippen LogP contribution in [0.4, 0.5) is 0 Å². The molecule has 1 fully saturated rings. The van der Waals surface area contributed by atoms with Crippen molar-refractivity contribution in [3.63, 3.8) is 0 Å². The molecular formula is C24H33ClN2O2. The summed E-state index contributed by atoms with van der Waals surface area (Å²) in [5.41, 5.74) is 3.40. The van der Waals surface area contributed by atoms with Gasteiger partial charge in [0.25, 0.3) is 0 Å². The summed E-state index contributed by atoms with van der Waals surface area (Å²) in [6.07, 6.45) is 2.64. The van der Waals surface area contributed by atoms with E-state index in [1.807, 2.05) is 35.2 Å². The van der Waals surface area contributed by atoms with Gasteiger partial charge in [0.2, 0.25) is 5.91 Å². The predicted molar refractivity (Wildman–Crippen MR) is 121 cm³/mol. The Bertz CT molecular complexity index is 773. The van der Waals surface area contributed by atoms with Crippen LogP contribution in [0.1, 0.15) is 36.5 Å². The molecule has 1 N–H and O–H groups in total. The molecule has 3 rings (SSSR count). The van der Waals surface area contributed by atoms with Gasteiger partial charge in [0.15, 0.2) is 0 Å².